The number of aromatic nitrogens is 1. The van der Waals surface area contributed by atoms with Gasteiger partial charge in [0.15, 0.2) is 0 Å². The van der Waals surface area contributed by atoms with Crippen LogP contribution in [0.15, 0.2) is 53.1 Å². The molecule has 1 aliphatic heterocycles. The number of esters is 1. The quantitative estimate of drug-likeness (QED) is 0.450. The van der Waals surface area contributed by atoms with E-state index in [0.717, 1.165) is 35.7 Å². The summed E-state index contributed by atoms with van der Waals surface area (Å²) in [7, 11) is 0. The monoisotopic (exact) mass is 406 g/mol. The zero-order valence-electron chi connectivity index (χ0n) is 16.9. The summed E-state index contributed by atoms with van der Waals surface area (Å²) in [4.78, 5) is 26.0. The Bertz CT molecular complexity index is 1030. The molecule has 1 aliphatic rings. The second-order valence-corrected chi connectivity index (χ2v) is 7.15. The van der Waals surface area contributed by atoms with Crippen LogP contribution in [0.1, 0.15) is 40.2 Å². The second kappa shape index (κ2) is 8.41. The molecular formula is C23H22N2O5. The lowest BCUT2D eigenvalue weighted by molar-refractivity contribution is -0.117. The van der Waals surface area contributed by atoms with Gasteiger partial charge in [-0.3, -0.25) is 4.79 Å². The van der Waals surface area contributed by atoms with Crippen LogP contribution < -0.4 is 14.4 Å². The van der Waals surface area contributed by atoms with E-state index in [1.807, 2.05) is 13.8 Å². The van der Waals surface area contributed by atoms with Gasteiger partial charge >= 0.3 is 5.97 Å². The molecule has 1 saturated heterocycles. The van der Waals surface area contributed by atoms with Crippen molar-refractivity contribution in [2.24, 2.45) is 0 Å². The Kier molecular flexibility index (Phi) is 5.52. The first-order chi connectivity index (χ1) is 14.5. The highest BCUT2D eigenvalue weighted by atomic mass is 16.5. The average molecular weight is 406 g/mol. The summed E-state index contributed by atoms with van der Waals surface area (Å²) in [6.07, 6.45) is 1.45. The number of carbonyl (C=O) groups is 2. The third-order valence-electron chi connectivity index (χ3n) is 5.09. The number of anilines is 1. The Morgan fingerprint density at radius 2 is 1.77 bits per heavy atom. The SMILES string of the molecule is Cc1noc(C)c1COc1ccc(C(=O)Oc2ccc(N3CCCC3=O)cc2)cc1. The highest BCUT2D eigenvalue weighted by Crippen LogP contribution is 2.25. The summed E-state index contributed by atoms with van der Waals surface area (Å²) in [5.74, 6) is 1.45. The van der Waals surface area contributed by atoms with Gasteiger partial charge in [-0.2, -0.15) is 0 Å². The topological polar surface area (TPSA) is 81.9 Å². The van der Waals surface area contributed by atoms with Crippen LogP contribution in [0.25, 0.3) is 0 Å². The number of amides is 1. The van der Waals surface area contributed by atoms with Crippen LogP contribution in [0.2, 0.25) is 0 Å². The number of benzene rings is 2. The molecule has 0 saturated carbocycles. The van der Waals surface area contributed by atoms with Gasteiger partial charge in [-0.25, -0.2) is 4.79 Å². The molecule has 2 heterocycles. The van der Waals surface area contributed by atoms with Gasteiger partial charge in [0.05, 0.1) is 16.8 Å². The molecule has 0 unspecified atom stereocenters. The number of carbonyl (C=O) groups excluding carboxylic acids is 2. The number of rotatable bonds is 6. The van der Waals surface area contributed by atoms with Crippen molar-refractivity contribution >= 4 is 17.6 Å². The Morgan fingerprint density at radius 1 is 1.07 bits per heavy atom. The van der Waals surface area contributed by atoms with Crippen LogP contribution >= 0.6 is 0 Å². The van der Waals surface area contributed by atoms with Crippen molar-refractivity contribution < 1.29 is 23.6 Å². The minimum absolute atomic E-state index is 0.122. The summed E-state index contributed by atoms with van der Waals surface area (Å²) < 4.78 is 16.3. The Morgan fingerprint density at radius 3 is 2.37 bits per heavy atom. The molecule has 3 aromatic rings. The van der Waals surface area contributed by atoms with E-state index in [2.05, 4.69) is 5.16 Å². The number of hydrogen-bond acceptors (Lipinski definition) is 6. The first kappa shape index (κ1) is 19.7. The lowest BCUT2D eigenvalue weighted by Crippen LogP contribution is -2.23. The van der Waals surface area contributed by atoms with Crippen molar-refractivity contribution in [2.75, 3.05) is 11.4 Å². The molecule has 30 heavy (non-hydrogen) atoms. The minimum atomic E-state index is -0.461. The van der Waals surface area contributed by atoms with E-state index in [4.69, 9.17) is 14.0 Å². The van der Waals surface area contributed by atoms with Gasteiger partial charge in [-0.05, 0) is 68.8 Å². The molecule has 1 aromatic heterocycles. The van der Waals surface area contributed by atoms with Gasteiger partial charge in [0.1, 0.15) is 23.9 Å². The van der Waals surface area contributed by atoms with Crippen LogP contribution in [0.4, 0.5) is 5.69 Å². The van der Waals surface area contributed by atoms with Gasteiger partial charge in [-0.15, -0.1) is 0 Å². The standard InChI is InChI=1S/C23H22N2O5/c1-15-21(16(2)30-24-15)14-28-19-9-5-17(6-10-19)23(27)29-20-11-7-18(8-12-20)25-13-3-4-22(25)26/h5-12H,3-4,13-14H2,1-2H3. The third kappa shape index (κ3) is 4.20. The molecular weight excluding hydrogens is 384 g/mol. The molecule has 0 atom stereocenters. The smallest absolute Gasteiger partial charge is 0.343 e. The maximum Gasteiger partial charge on any atom is 0.343 e. The van der Waals surface area contributed by atoms with Crippen LogP contribution in [0, 0.1) is 13.8 Å². The zero-order valence-corrected chi connectivity index (χ0v) is 16.9. The molecule has 2 aromatic carbocycles. The van der Waals surface area contributed by atoms with Crippen molar-refractivity contribution in [1.82, 2.24) is 5.16 Å². The van der Waals surface area contributed by atoms with E-state index < -0.39 is 5.97 Å². The van der Waals surface area contributed by atoms with Crippen LogP contribution in [-0.4, -0.2) is 23.6 Å². The first-order valence-electron chi connectivity index (χ1n) is 9.78. The lowest BCUT2D eigenvalue weighted by atomic mass is 10.2. The van der Waals surface area contributed by atoms with Gasteiger partial charge in [0, 0.05) is 18.7 Å². The zero-order chi connectivity index (χ0) is 21.1. The molecule has 1 amide bonds. The fourth-order valence-electron chi connectivity index (χ4n) is 3.33. The minimum Gasteiger partial charge on any atom is -0.489 e. The fourth-order valence-corrected chi connectivity index (χ4v) is 3.33. The predicted octanol–water partition coefficient (Wildman–Crippen LogP) is 4.22. The van der Waals surface area contributed by atoms with Crippen molar-refractivity contribution in [3.05, 3.63) is 71.1 Å². The average Bonchev–Trinajstić information content (AvgIpc) is 3.32. The molecule has 1 fully saturated rings. The molecule has 0 radical (unpaired) electrons. The molecule has 7 nitrogen and oxygen atoms in total. The normalized spacial score (nSPS) is 13.5. The molecule has 154 valence electrons. The van der Waals surface area contributed by atoms with Crippen molar-refractivity contribution in [3.63, 3.8) is 0 Å². The number of ether oxygens (including phenoxy) is 2. The maximum absolute atomic E-state index is 12.4. The number of nitrogens with zero attached hydrogens (tertiary/aromatic N) is 2. The molecule has 0 bridgehead atoms. The van der Waals surface area contributed by atoms with Gasteiger partial charge in [0.25, 0.3) is 0 Å². The molecule has 0 N–H and O–H groups in total. The van der Waals surface area contributed by atoms with Crippen molar-refractivity contribution in [3.8, 4) is 11.5 Å². The summed E-state index contributed by atoms with van der Waals surface area (Å²) >= 11 is 0. The Labute approximate surface area is 174 Å². The molecule has 4 rings (SSSR count). The molecule has 0 aliphatic carbocycles. The predicted molar refractivity (Wildman–Crippen MR) is 110 cm³/mol. The van der Waals surface area contributed by atoms with Crippen molar-refractivity contribution in [2.45, 2.75) is 33.3 Å². The van der Waals surface area contributed by atoms with E-state index in [9.17, 15) is 9.59 Å². The molecule has 0 spiro atoms. The second-order valence-electron chi connectivity index (χ2n) is 7.15. The highest BCUT2D eigenvalue weighted by molar-refractivity contribution is 5.95. The summed E-state index contributed by atoms with van der Waals surface area (Å²) in [6.45, 7) is 4.77. The van der Waals surface area contributed by atoms with Crippen LogP contribution in [0.5, 0.6) is 11.5 Å². The Balaban J connectivity index is 1.35. The lowest BCUT2D eigenvalue weighted by Gasteiger charge is -2.15. The van der Waals surface area contributed by atoms with Crippen LogP contribution in [0.3, 0.4) is 0 Å². The Hall–Kier alpha value is -3.61. The number of hydrogen-bond donors (Lipinski definition) is 0. The highest BCUT2D eigenvalue weighted by Gasteiger charge is 2.21. The molecule has 7 heteroatoms. The van der Waals surface area contributed by atoms with Gasteiger partial charge in [0.2, 0.25) is 5.91 Å². The fraction of sp³-hybridized carbons (Fsp3) is 0.261. The maximum atomic E-state index is 12.4. The van der Waals surface area contributed by atoms with E-state index in [0.29, 0.717) is 30.1 Å². The third-order valence-corrected chi connectivity index (χ3v) is 5.09. The summed E-state index contributed by atoms with van der Waals surface area (Å²) in [5.41, 5.74) is 2.95. The largest absolute Gasteiger partial charge is 0.489 e. The van der Waals surface area contributed by atoms with E-state index in [-0.39, 0.29) is 5.91 Å². The number of aryl methyl sites for hydroxylation is 2. The van der Waals surface area contributed by atoms with E-state index in [1.54, 1.807) is 53.4 Å². The van der Waals surface area contributed by atoms with Gasteiger partial charge < -0.3 is 18.9 Å². The van der Waals surface area contributed by atoms with Crippen molar-refractivity contribution in [1.29, 1.82) is 0 Å². The van der Waals surface area contributed by atoms with Crippen LogP contribution in [-0.2, 0) is 11.4 Å². The van der Waals surface area contributed by atoms with Gasteiger partial charge in [-0.1, -0.05) is 5.16 Å². The van der Waals surface area contributed by atoms with E-state index in [1.165, 1.54) is 0 Å². The summed E-state index contributed by atoms with van der Waals surface area (Å²) in [6, 6.07) is 13.7. The van der Waals surface area contributed by atoms with E-state index >= 15 is 0 Å². The first-order valence-corrected chi connectivity index (χ1v) is 9.78. The summed E-state index contributed by atoms with van der Waals surface area (Å²) in [5, 5.41) is 3.90.